The number of anilines is 1. The number of hydrogen-bond donors (Lipinski definition) is 1. The smallest absolute Gasteiger partial charge is 0.310 e. The zero-order valence-corrected chi connectivity index (χ0v) is 11.6. The largest absolute Gasteiger partial charge is 0.383 e. The molecule has 0 bridgehead atoms. The van der Waals surface area contributed by atoms with Crippen molar-refractivity contribution in [3.63, 3.8) is 0 Å². The van der Waals surface area contributed by atoms with E-state index in [1.54, 1.807) is 19.4 Å². The number of nitrogens with one attached hydrogen (secondary N) is 1. The van der Waals surface area contributed by atoms with Gasteiger partial charge in [-0.05, 0) is 25.5 Å². The first-order chi connectivity index (χ1) is 9.72. The van der Waals surface area contributed by atoms with E-state index in [0.717, 1.165) is 25.9 Å². The van der Waals surface area contributed by atoms with Gasteiger partial charge >= 0.3 is 5.69 Å². The van der Waals surface area contributed by atoms with Crippen molar-refractivity contribution in [3.05, 3.63) is 28.6 Å². The van der Waals surface area contributed by atoms with Gasteiger partial charge in [0, 0.05) is 32.4 Å². The minimum absolute atomic E-state index is 0.0431. The van der Waals surface area contributed by atoms with Gasteiger partial charge in [0.25, 0.3) is 0 Å². The average molecular weight is 280 g/mol. The van der Waals surface area contributed by atoms with Crippen LogP contribution in [0.25, 0.3) is 0 Å². The highest BCUT2D eigenvalue weighted by Crippen LogP contribution is 2.27. The Hall–Kier alpha value is -1.73. The lowest BCUT2D eigenvalue weighted by molar-refractivity contribution is -0.384. The minimum Gasteiger partial charge on any atom is -0.383 e. The lowest BCUT2D eigenvalue weighted by atomic mass is 10.2. The fourth-order valence-electron chi connectivity index (χ4n) is 2.48. The zero-order chi connectivity index (χ0) is 14.4. The normalized spacial score (nSPS) is 18.1. The maximum absolute atomic E-state index is 11.1. The number of rotatable bonds is 7. The molecule has 1 aliphatic rings. The molecular weight excluding hydrogens is 260 g/mol. The summed E-state index contributed by atoms with van der Waals surface area (Å²) in [5.74, 6) is 0. The summed E-state index contributed by atoms with van der Waals surface area (Å²) in [5, 5.41) is 14.5. The lowest BCUT2D eigenvalue weighted by Crippen LogP contribution is -2.39. The molecular formula is C13H20N4O3. The maximum Gasteiger partial charge on any atom is 0.310 e. The molecule has 1 aromatic rings. The Labute approximate surface area is 118 Å². The van der Waals surface area contributed by atoms with Gasteiger partial charge in [0.2, 0.25) is 0 Å². The van der Waals surface area contributed by atoms with Crippen molar-refractivity contribution in [1.29, 1.82) is 0 Å². The van der Waals surface area contributed by atoms with Crippen molar-refractivity contribution < 1.29 is 9.66 Å². The Morgan fingerprint density at radius 3 is 3.15 bits per heavy atom. The quantitative estimate of drug-likeness (QED) is 0.597. The Morgan fingerprint density at radius 1 is 1.65 bits per heavy atom. The van der Waals surface area contributed by atoms with E-state index in [1.807, 2.05) is 4.90 Å². The van der Waals surface area contributed by atoms with Crippen molar-refractivity contribution in [1.82, 2.24) is 10.3 Å². The van der Waals surface area contributed by atoms with E-state index < -0.39 is 0 Å². The Kier molecular flexibility index (Phi) is 5.25. The summed E-state index contributed by atoms with van der Waals surface area (Å²) in [7, 11) is 1.63. The van der Waals surface area contributed by atoms with Gasteiger partial charge in [-0.25, -0.2) is 0 Å². The number of aromatic nitrogens is 1. The van der Waals surface area contributed by atoms with E-state index in [2.05, 4.69) is 10.3 Å². The van der Waals surface area contributed by atoms with Crippen LogP contribution in [0.3, 0.4) is 0 Å². The number of nitrogens with zero attached hydrogens (tertiary/aromatic N) is 3. The second-order valence-corrected chi connectivity index (χ2v) is 4.85. The molecule has 0 aliphatic carbocycles. The fraction of sp³-hybridized carbons (Fsp3) is 0.615. The van der Waals surface area contributed by atoms with Gasteiger partial charge < -0.3 is 15.0 Å². The van der Waals surface area contributed by atoms with Crippen molar-refractivity contribution in [2.24, 2.45) is 0 Å². The Morgan fingerprint density at radius 2 is 2.50 bits per heavy atom. The van der Waals surface area contributed by atoms with Crippen LogP contribution in [0.5, 0.6) is 0 Å². The molecule has 110 valence electrons. The van der Waals surface area contributed by atoms with Gasteiger partial charge in [0.05, 0.1) is 11.5 Å². The van der Waals surface area contributed by atoms with Crippen LogP contribution in [0.4, 0.5) is 11.4 Å². The standard InChI is InChI=1S/C13H20N4O3/c1-20-8-7-16(10-11-3-2-5-15-11)12-4-6-14-9-13(12)17(18)19/h4,6,9,11,15H,2-3,5,7-8,10H2,1H3. The molecule has 1 N–H and O–H groups in total. The molecule has 0 radical (unpaired) electrons. The van der Waals surface area contributed by atoms with E-state index in [9.17, 15) is 10.1 Å². The fourth-order valence-corrected chi connectivity index (χ4v) is 2.48. The summed E-state index contributed by atoms with van der Waals surface area (Å²) in [6.45, 7) is 2.92. The van der Waals surface area contributed by atoms with Crippen LogP contribution < -0.4 is 10.2 Å². The summed E-state index contributed by atoms with van der Waals surface area (Å²) in [6, 6.07) is 2.07. The Bertz CT molecular complexity index is 449. The number of methoxy groups -OCH3 is 1. The monoisotopic (exact) mass is 280 g/mol. The molecule has 1 aromatic heterocycles. The molecule has 1 saturated heterocycles. The van der Waals surface area contributed by atoms with E-state index in [0.29, 0.717) is 24.9 Å². The first kappa shape index (κ1) is 14.7. The first-order valence-electron chi connectivity index (χ1n) is 6.78. The maximum atomic E-state index is 11.1. The predicted molar refractivity (Wildman–Crippen MR) is 76.0 cm³/mol. The van der Waals surface area contributed by atoms with Crippen LogP contribution in [0.15, 0.2) is 18.5 Å². The molecule has 1 fully saturated rings. The van der Waals surface area contributed by atoms with Crippen LogP contribution >= 0.6 is 0 Å². The molecule has 7 heteroatoms. The second-order valence-electron chi connectivity index (χ2n) is 4.85. The SMILES string of the molecule is COCCN(CC1CCCN1)c1ccncc1[N+](=O)[O-]. The molecule has 2 heterocycles. The summed E-state index contributed by atoms with van der Waals surface area (Å²) in [6.07, 6.45) is 5.14. The van der Waals surface area contributed by atoms with Crippen LogP contribution in [0.2, 0.25) is 0 Å². The van der Waals surface area contributed by atoms with E-state index in [1.165, 1.54) is 6.20 Å². The minimum atomic E-state index is -0.385. The second kappa shape index (κ2) is 7.16. The van der Waals surface area contributed by atoms with E-state index in [4.69, 9.17) is 4.74 Å². The number of ether oxygens (including phenoxy) is 1. The zero-order valence-electron chi connectivity index (χ0n) is 11.6. The molecule has 2 rings (SSSR count). The van der Waals surface area contributed by atoms with Crippen LogP contribution in [0.1, 0.15) is 12.8 Å². The van der Waals surface area contributed by atoms with Crippen LogP contribution in [-0.4, -0.2) is 49.3 Å². The van der Waals surface area contributed by atoms with Crippen LogP contribution in [-0.2, 0) is 4.74 Å². The molecule has 0 saturated carbocycles. The van der Waals surface area contributed by atoms with E-state index in [-0.39, 0.29) is 10.6 Å². The third-order valence-corrected chi connectivity index (χ3v) is 3.48. The first-order valence-corrected chi connectivity index (χ1v) is 6.78. The molecule has 0 aromatic carbocycles. The lowest BCUT2D eigenvalue weighted by Gasteiger charge is -2.27. The number of nitro groups is 1. The third-order valence-electron chi connectivity index (χ3n) is 3.48. The highest BCUT2D eigenvalue weighted by atomic mass is 16.6. The average Bonchev–Trinajstić information content (AvgIpc) is 2.96. The highest BCUT2D eigenvalue weighted by molar-refractivity contribution is 5.61. The molecule has 7 nitrogen and oxygen atoms in total. The van der Waals surface area contributed by atoms with Crippen molar-refractivity contribution >= 4 is 11.4 Å². The summed E-state index contributed by atoms with van der Waals surface area (Å²) in [4.78, 5) is 16.6. The predicted octanol–water partition coefficient (Wildman–Crippen LogP) is 1.19. The topological polar surface area (TPSA) is 80.5 Å². The molecule has 1 unspecified atom stereocenters. The van der Waals surface area contributed by atoms with Gasteiger partial charge in [-0.15, -0.1) is 0 Å². The van der Waals surface area contributed by atoms with Gasteiger partial charge in [-0.3, -0.25) is 15.1 Å². The molecule has 0 amide bonds. The van der Waals surface area contributed by atoms with Crippen molar-refractivity contribution in [2.45, 2.75) is 18.9 Å². The Balaban J connectivity index is 2.18. The summed E-state index contributed by atoms with van der Waals surface area (Å²) >= 11 is 0. The van der Waals surface area contributed by atoms with Gasteiger partial charge in [0.15, 0.2) is 0 Å². The summed E-state index contributed by atoms with van der Waals surface area (Å²) in [5.41, 5.74) is 0.650. The van der Waals surface area contributed by atoms with Crippen molar-refractivity contribution in [2.75, 3.05) is 38.3 Å². The van der Waals surface area contributed by atoms with Crippen LogP contribution in [0, 0.1) is 10.1 Å². The molecule has 20 heavy (non-hydrogen) atoms. The van der Waals surface area contributed by atoms with Gasteiger partial charge in [-0.2, -0.15) is 0 Å². The molecule has 1 atom stereocenters. The number of hydrogen-bond acceptors (Lipinski definition) is 6. The summed E-state index contributed by atoms with van der Waals surface area (Å²) < 4.78 is 5.11. The third kappa shape index (κ3) is 3.64. The highest BCUT2D eigenvalue weighted by Gasteiger charge is 2.23. The van der Waals surface area contributed by atoms with E-state index >= 15 is 0 Å². The molecule has 0 spiro atoms. The van der Waals surface area contributed by atoms with Crippen molar-refractivity contribution in [3.8, 4) is 0 Å². The molecule has 1 aliphatic heterocycles. The number of pyridine rings is 1. The van der Waals surface area contributed by atoms with Gasteiger partial charge in [0.1, 0.15) is 11.9 Å². The van der Waals surface area contributed by atoms with Gasteiger partial charge in [-0.1, -0.05) is 0 Å².